The molecule has 5 rings (SSSR count). The predicted molar refractivity (Wildman–Crippen MR) is 118 cm³/mol. The Balaban J connectivity index is 1.65. The molecule has 0 bridgehead atoms. The van der Waals surface area contributed by atoms with Gasteiger partial charge >= 0.3 is 0 Å². The number of hydrogen-bond donors (Lipinski definition) is 2. The number of hydrogen-bond acceptors (Lipinski definition) is 3. The number of anilines is 2. The van der Waals surface area contributed by atoms with Crippen LogP contribution in [0.1, 0.15) is 56.6 Å². The molecule has 1 saturated carbocycles. The summed E-state index contributed by atoms with van der Waals surface area (Å²) in [5.74, 6) is 0.706. The monoisotopic (exact) mass is 389 g/mol. The standard InChI is InChI=1S/C25H31N3O/c29-23-17-26-18-25(19-11-5-2-1-3-6-12-19)24(21-15-9-10-16-22(21)27-25)28(23)20-13-7-4-8-14-20/h4,7-10,13-16,19,24,26-27H,1-3,5-6,11-12,17-18H2. The van der Waals surface area contributed by atoms with E-state index in [1.165, 1.54) is 56.2 Å². The summed E-state index contributed by atoms with van der Waals surface area (Å²) in [6, 6.07) is 18.9. The molecule has 2 N–H and O–H groups in total. The van der Waals surface area contributed by atoms with Crippen molar-refractivity contribution in [3.63, 3.8) is 0 Å². The van der Waals surface area contributed by atoms with Gasteiger partial charge in [0.15, 0.2) is 0 Å². The van der Waals surface area contributed by atoms with Gasteiger partial charge in [-0.3, -0.25) is 4.79 Å². The summed E-state index contributed by atoms with van der Waals surface area (Å²) in [5, 5.41) is 7.50. The number of benzene rings is 2. The van der Waals surface area contributed by atoms with Crippen molar-refractivity contribution in [1.29, 1.82) is 0 Å². The largest absolute Gasteiger partial charge is 0.375 e. The van der Waals surface area contributed by atoms with Crippen molar-refractivity contribution in [2.75, 3.05) is 23.3 Å². The Morgan fingerprint density at radius 3 is 2.34 bits per heavy atom. The average Bonchev–Trinajstić information content (AvgIpc) is 2.96. The van der Waals surface area contributed by atoms with Crippen LogP contribution in [0.5, 0.6) is 0 Å². The number of para-hydroxylation sites is 2. The molecule has 2 heterocycles. The van der Waals surface area contributed by atoms with Crippen LogP contribution in [-0.4, -0.2) is 24.5 Å². The fraction of sp³-hybridized carbons (Fsp3) is 0.480. The Morgan fingerprint density at radius 2 is 1.55 bits per heavy atom. The van der Waals surface area contributed by atoms with Gasteiger partial charge in [0.05, 0.1) is 18.1 Å². The van der Waals surface area contributed by atoms with Gasteiger partial charge in [-0.15, -0.1) is 0 Å². The summed E-state index contributed by atoms with van der Waals surface area (Å²) in [4.78, 5) is 15.4. The molecule has 2 aliphatic heterocycles. The highest BCUT2D eigenvalue weighted by Crippen LogP contribution is 2.52. The second kappa shape index (κ2) is 7.83. The van der Waals surface area contributed by atoms with Gasteiger partial charge in [-0.05, 0) is 37.0 Å². The van der Waals surface area contributed by atoms with Gasteiger partial charge in [0.25, 0.3) is 0 Å². The van der Waals surface area contributed by atoms with Gasteiger partial charge in [0, 0.05) is 23.5 Å². The van der Waals surface area contributed by atoms with Crippen LogP contribution < -0.4 is 15.5 Å². The number of nitrogens with zero attached hydrogens (tertiary/aromatic N) is 1. The van der Waals surface area contributed by atoms with Crippen molar-refractivity contribution in [3.05, 3.63) is 60.2 Å². The van der Waals surface area contributed by atoms with Crippen molar-refractivity contribution in [1.82, 2.24) is 5.32 Å². The van der Waals surface area contributed by atoms with E-state index in [4.69, 9.17) is 0 Å². The predicted octanol–water partition coefficient (Wildman–Crippen LogP) is 4.89. The van der Waals surface area contributed by atoms with E-state index in [1.54, 1.807) is 0 Å². The van der Waals surface area contributed by atoms with Crippen LogP contribution in [0, 0.1) is 5.92 Å². The van der Waals surface area contributed by atoms with Gasteiger partial charge in [-0.2, -0.15) is 0 Å². The van der Waals surface area contributed by atoms with E-state index in [2.05, 4.69) is 51.9 Å². The van der Waals surface area contributed by atoms with Crippen LogP contribution in [0.15, 0.2) is 54.6 Å². The van der Waals surface area contributed by atoms with Crippen molar-refractivity contribution in [2.24, 2.45) is 5.92 Å². The third-order valence-corrected chi connectivity index (χ3v) is 7.20. The molecule has 1 saturated heterocycles. The maximum Gasteiger partial charge on any atom is 0.241 e. The zero-order chi connectivity index (χ0) is 19.7. The molecular formula is C25H31N3O. The first kappa shape index (κ1) is 18.7. The minimum Gasteiger partial charge on any atom is -0.375 e. The van der Waals surface area contributed by atoms with Gasteiger partial charge in [-0.25, -0.2) is 0 Å². The average molecular weight is 390 g/mol. The van der Waals surface area contributed by atoms with Gasteiger partial charge in [0.1, 0.15) is 0 Å². The van der Waals surface area contributed by atoms with Crippen molar-refractivity contribution >= 4 is 17.3 Å². The third-order valence-electron chi connectivity index (χ3n) is 7.20. The lowest BCUT2D eigenvalue weighted by Gasteiger charge is -2.46. The summed E-state index contributed by atoms with van der Waals surface area (Å²) < 4.78 is 0. The molecule has 4 nitrogen and oxygen atoms in total. The highest BCUT2D eigenvalue weighted by Gasteiger charge is 2.55. The highest BCUT2D eigenvalue weighted by atomic mass is 16.2. The Bertz CT molecular complexity index is 859. The molecule has 2 atom stereocenters. The van der Waals surface area contributed by atoms with Crippen molar-refractivity contribution in [2.45, 2.75) is 56.5 Å². The lowest BCUT2D eigenvalue weighted by Crippen LogP contribution is -2.56. The molecular weight excluding hydrogens is 358 g/mol. The SMILES string of the molecule is O=C1CNCC2(C3CCCCCCC3)Nc3ccccc3C2N1c1ccccc1. The van der Waals surface area contributed by atoms with Crippen molar-refractivity contribution in [3.8, 4) is 0 Å². The zero-order valence-electron chi connectivity index (χ0n) is 17.1. The fourth-order valence-electron chi connectivity index (χ4n) is 5.88. The molecule has 29 heavy (non-hydrogen) atoms. The topological polar surface area (TPSA) is 44.4 Å². The lowest BCUT2D eigenvalue weighted by atomic mass is 9.71. The zero-order valence-corrected chi connectivity index (χ0v) is 17.1. The molecule has 3 aliphatic rings. The van der Waals surface area contributed by atoms with Gasteiger partial charge in [0.2, 0.25) is 5.91 Å². The molecule has 0 radical (unpaired) electrons. The normalized spacial score (nSPS) is 27.9. The highest BCUT2D eigenvalue weighted by molar-refractivity contribution is 5.97. The lowest BCUT2D eigenvalue weighted by molar-refractivity contribution is -0.118. The molecule has 2 unspecified atom stereocenters. The molecule has 1 aliphatic carbocycles. The van der Waals surface area contributed by atoms with Gasteiger partial charge in [-0.1, -0.05) is 68.5 Å². The number of amides is 1. The third kappa shape index (κ3) is 3.24. The van der Waals surface area contributed by atoms with Crippen LogP contribution in [0.2, 0.25) is 0 Å². The van der Waals surface area contributed by atoms with E-state index in [0.717, 1.165) is 12.2 Å². The molecule has 4 heteroatoms. The van der Waals surface area contributed by atoms with E-state index >= 15 is 0 Å². The first-order chi connectivity index (χ1) is 14.3. The number of nitrogens with one attached hydrogen (secondary N) is 2. The summed E-state index contributed by atoms with van der Waals surface area (Å²) in [6.45, 7) is 1.22. The Kier molecular flexibility index (Phi) is 5.04. The van der Waals surface area contributed by atoms with E-state index in [0.29, 0.717) is 12.5 Å². The number of carbonyl (C=O) groups excluding carboxylic acids is 1. The second-order valence-electron chi connectivity index (χ2n) is 8.90. The fourth-order valence-corrected chi connectivity index (χ4v) is 5.88. The molecule has 152 valence electrons. The Labute approximate surface area is 173 Å². The van der Waals surface area contributed by atoms with Crippen LogP contribution in [0.25, 0.3) is 0 Å². The van der Waals surface area contributed by atoms with E-state index in [1.807, 2.05) is 18.2 Å². The van der Waals surface area contributed by atoms with Gasteiger partial charge < -0.3 is 15.5 Å². The number of carbonyl (C=O) groups is 1. The maximum absolute atomic E-state index is 13.4. The molecule has 0 aromatic heterocycles. The molecule has 2 aromatic carbocycles. The second-order valence-corrected chi connectivity index (χ2v) is 8.90. The first-order valence-electron chi connectivity index (χ1n) is 11.2. The van der Waals surface area contributed by atoms with E-state index in [-0.39, 0.29) is 17.5 Å². The van der Waals surface area contributed by atoms with E-state index < -0.39 is 0 Å². The quantitative estimate of drug-likeness (QED) is 0.769. The summed E-state index contributed by atoms with van der Waals surface area (Å²) >= 11 is 0. The molecule has 1 amide bonds. The number of rotatable bonds is 2. The summed E-state index contributed by atoms with van der Waals surface area (Å²) in [7, 11) is 0. The first-order valence-corrected chi connectivity index (χ1v) is 11.2. The minimum absolute atomic E-state index is 0.0213. The molecule has 2 fully saturated rings. The molecule has 2 aromatic rings. The molecule has 0 spiro atoms. The van der Waals surface area contributed by atoms with Crippen LogP contribution in [0.4, 0.5) is 11.4 Å². The summed E-state index contributed by atoms with van der Waals surface area (Å²) in [5.41, 5.74) is 3.29. The summed E-state index contributed by atoms with van der Waals surface area (Å²) in [6.07, 6.45) is 9.07. The Morgan fingerprint density at radius 1 is 0.862 bits per heavy atom. The van der Waals surface area contributed by atoms with E-state index in [9.17, 15) is 4.79 Å². The smallest absolute Gasteiger partial charge is 0.241 e. The number of fused-ring (bicyclic) bond motifs is 3. The van der Waals surface area contributed by atoms with Crippen LogP contribution in [-0.2, 0) is 4.79 Å². The maximum atomic E-state index is 13.4. The van der Waals surface area contributed by atoms with Crippen LogP contribution >= 0.6 is 0 Å². The Hall–Kier alpha value is -2.33. The van der Waals surface area contributed by atoms with Crippen LogP contribution in [0.3, 0.4) is 0 Å². The van der Waals surface area contributed by atoms with Crippen molar-refractivity contribution < 1.29 is 4.79 Å². The minimum atomic E-state index is -0.164.